The van der Waals surface area contributed by atoms with Gasteiger partial charge in [-0.05, 0) is 34.1 Å². The molecule has 0 saturated carbocycles. The first-order valence-electron chi connectivity index (χ1n) is 4.19. The molecular weight excluding hydrogens is 297 g/mol. The third-order valence-electron chi connectivity index (χ3n) is 1.87. The summed E-state index contributed by atoms with van der Waals surface area (Å²) < 4.78 is 2.07. The Balaban J connectivity index is 2.46. The molecule has 0 unspecified atom stereocenters. The molecule has 0 bridgehead atoms. The quantitative estimate of drug-likeness (QED) is 0.925. The van der Waals surface area contributed by atoms with Crippen LogP contribution in [0, 0.1) is 0 Å². The second-order valence-corrected chi connectivity index (χ2v) is 4.24. The van der Waals surface area contributed by atoms with E-state index in [1.165, 1.54) is 10.9 Å². The van der Waals surface area contributed by atoms with E-state index < -0.39 is 5.97 Å². The molecule has 0 spiro atoms. The highest BCUT2D eigenvalue weighted by atomic mass is 79.9. The van der Waals surface area contributed by atoms with E-state index in [1.807, 2.05) is 0 Å². The molecule has 16 heavy (non-hydrogen) atoms. The molecule has 0 aliphatic carbocycles. The second kappa shape index (κ2) is 4.23. The van der Waals surface area contributed by atoms with Crippen molar-refractivity contribution in [3.8, 4) is 5.69 Å². The lowest BCUT2D eigenvalue weighted by Gasteiger charge is -2.02. The number of aromatic nitrogens is 3. The van der Waals surface area contributed by atoms with Gasteiger partial charge < -0.3 is 5.11 Å². The summed E-state index contributed by atoms with van der Waals surface area (Å²) in [5.74, 6) is -1.11. The highest BCUT2D eigenvalue weighted by Crippen LogP contribution is 2.24. The van der Waals surface area contributed by atoms with Crippen LogP contribution in [0.15, 0.2) is 28.9 Å². The van der Waals surface area contributed by atoms with Gasteiger partial charge in [0.05, 0.1) is 11.9 Å². The average Bonchev–Trinajstić information content (AvgIpc) is 2.66. The number of hydrogen-bond donors (Lipinski definition) is 1. The van der Waals surface area contributed by atoms with Crippen molar-refractivity contribution in [1.82, 2.24) is 15.0 Å². The van der Waals surface area contributed by atoms with Gasteiger partial charge in [-0.15, -0.1) is 5.10 Å². The summed E-state index contributed by atoms with van der Waals surface area (Å²) in [6.07, 6.45) is 1.33. The summed E-state index contributed by atoms with van der Waals surface area (Å²) in [6, 6.07) is 5.09. The van der Waals surface area contributed by atoms with E-state index in [-0.39, 0.29) is 5.69 Å². The fraction of sp³-hybridized carbons (Fsp3) is 0. The van der Waals surface area contributed by atoms with Crippen molar-refractivity contribution in [3.05, 3.63) is 39.6 Å². The van der Waals surface area contributed by atoms with Crippen LogP contribution in [-0.2, 0) is 0 Å². The van der Waals surface area contributed by atoms with E-state index in [0.717, 1.165) is 0 Å². The number of rotatable bonds is 2. The summed E-state index contributed by atoms with van der Waals surface area (Å²) in [5.41, 5.74) is 0.561. The Morgan fingerprint density at radius 1 is 1.50 bits per heavy atom. The Morgan fingerprint density at radius 2 is 2.25 bits per heavy atom. The molecule has 1 heterocycles. The zero-order chi connectivity index (χ0) is 11.7. The van der Waals surface area contributed by atoms with Gasteiger partial charge in [-0.25, -0.2) is 9.48 Å². The number of nitrogens with zero attached hydrogens (tertiary/aromatic N) is 3. The topological polar surface area (TPSA) is 68.0 Å². The number of carboxylic acid groups (broad SMARTS) is 1. The Labute approximate surface area is 104 Å². The van der Waals surface area contributed by atoms with Crippen LogP contribution >= 0.6 is 27.5 Å². The summed E-state index contributed by atoms with van der Waals surface area (Å²) >= 11 is 9.10. The van der Waals surface area contributed by atoms with Crippen LogP contribution in [0.3, 0.4) is 0 Å². The van der Waals surface area contributed by atoms with Crippen LogP contribution in [0.25, 0.3) is 5.69 Å². The standard InChI is InChI=1S/C9H5BrClN3O2/c10-6-3-5(11)1-2-8(6)14-4-7(9(15)16)12-13-14/h1-4H,(H,15,16). The van der Waals surface area contributed by atoms with E-state index in [2.05, 4.69) is 26.2 Å². The maximum absolute atomic E-state index is 10.6. The van der Waals surface area contributed by atoms with Crippen LogP contribution in [0.5, 0.6) is 0 Å². The van der Waals surface area contributed by atoms with E-state index in [1.54, 1.807) is 18.2 Å². The molecule has 1 aromatic carbocycles. The molecule has 7 heteroatoms. The van der Waals surface area contributed by atoms with Gasteiger partial charge in [0.15, 0.2) is 5.69 Å². The smallest absolute Gasteiger partial charge is 0.358 e. The third kappa shape index (κ3) is 2.07. The molecule has 1 N–H and O–H groups in total. The van der Waals surface area contributed by atoms with Crippen molar-refractivity contribution < 1.29 is 9.90 Å². The molecule has 0 radical (unpaired) electrons. The number of benzene rings is 1. The molecule has 2 aromatic rings. The Morgan fingerprint density at radius 3 is 2.81 bits per heavy atom. The first-order chi connectivity index (χ1) is 7.58. The molecule has 0 fully saturated rings. The number of aromatic carboxylic acids is 1. The van der Waals surface area contributed by atoms with Gasteiger partial charge >= 0.3 is 5.97 Å². The molecule has 82 valence electrons. The van der Waals surface area contributed by atoms with Crippen molar-refractivity contribution in [3.63, 3.8) is 0 Å². The molecule has 1 aromatic heterocycles. The lowest BCUT2D eigenvalue weighted by molar-refractivity contribution is 0.0690. The van der Waals surface area contributed by atoms with E-state index in [0.29, 0.717) is 15.2 Å². The molecule has 5 nitrogen and oxygen atoms in total. The maximum Gasteiger partial charge on any atom is 0.358 e. The van der Waals surface area contributed by atoms with Gasteiger partial charge in [0.2, 0.25) is 0 Å². The molecular formula is C9H5BrClN3O2. The van der Waals surface area contributed by atoms with Gasteiger partial charge in [0.1, 0.15) is 0 Å². The Hall–Kier alpha value is -1.40. The zero-order valence-electron chi connectivity index (χ0n) is 7.76. The minimum absolute atomic E-state index is 0.109. The maximum atomic E-state index is 10.6. The SMILES string of the molecule is O=C(O)c1cn(-c2ccc(Cl)cc2Br)nn1. The van der Waals surface area contributed by atoms with Crippen molar-refractivity contribution in [2.75, 3.05) is 0 Å². The average molecular weight is 303 g/mol. The lowest BCUT2D eigenvalue weighted by atomic mass is 10.3. The lowest BCUT2D eigenvalue weighted by Crippen LogP contribution is -1.96. The van der Waals surface area contributed by atoms with Gasteiger partial charge in [-0.2, -0.15) is 0 Å². The molecule has 0 aliphatic heterocycles. The largest absolute Gasteiger partial charge is 0.476 e. The molecule has 0 amide bonds. The van der Waals surface area contributed by atoms with E-state index in [4.69, 9.17) is 16.7 Å². The summed E-state index contributed by atoms with van der Waals surface area (Å²) in [5, 5.41) is 16.5. The van der Waals surface area contributed by atoms with Crippen LogP contribution in [0.2, 0.25) is 5.02 Å². The number of hydrogen-bond acceptors (Lipinski definition) is 3. The van der Waals surface area contributed by atoms with Crippen LogP contribution < -0.4 is 0 Å². The molecule has 0 saturated heterocycles. The van der Waals surface area contributed by atoms with E-state index in [9.17, 15) is 4.79 Å². The highest BCUT2D eigenvalue weighted by molar-refractivity contribution is 9.10. The van der Waals surface area contributed by atoms with Crippen LogP contribution in [0.1, 0.15) is 10.5 Å². The minimum atomic E-state index is -1.11. The fourth-order valence-corrected chi connectivity index (χ4v) is 2.01. The highest BCUT2D eigenvalue weighted by Gasteiger charge is 2.11. The van der Waals surface area contributed by atoms with Gasteiger partial charge in [0.25, 0.3) is 0 Å². The van der Waals surface area contributed by atoms with Crippen molar-refractivity contribution in [1.29, 1.82) is 0 Å². The van der Waals surface area contributed by atoms with Gasteiger partial charge in [-0.3, -0.25) is 0 Å². The first-order valence-corrected chi connectivity index (χ1v) is 5.36. The number of carboxylic acids is 1. The first kappa shape index (κ1) is 11.1. The van der Waals surface area contributed by atoms with Crippen molar-refractivity contribution >= 4 is 33.5 Å². The van der Waals surface area contributed by atoms with Crippen LogP contribution in [0.4, 0.5) is 0 Å². The predicted octanol–water partition coefficient (Wildman–Crippen LogP) is 2.38. The van der Waals surface area contributed by atoms with Gasteiger partial charge in [-0.1, -0.05) is 16.8 Å². The normalized spacial score (nSPS) is 10.4. The number of halogens is 2. The van der Waals surface area contributed by atoms with Gasteiger partial charge in [0, 0.05) is 9.50 Å². The minimum Gasteiger partial charge on any atom is -0.476 e. The zero-order valence-corrected chi connectivity index (χ0v) is 10.1. The van der Waals surface area contributed by atoms with Crippen LogP contribution in [-0.4, -0.2) is 26.1 Å². The Bertz CT molecular complexity index is 555. The van der Waals surface area contributed by atoms with Crippen molar-refractivity contribution in [2.45, 2.75) is 0 Å². The van der Waals surface area contributed by atoms with E-state index >= 15 is 0 Å². The molecule has 0 atom stereocenters. The van der Waals surface area contributed by atoms with Crippen molar-refractivity contribution in [2.24, 2.45) is 0 Å². The molecule has 0 aliphatic rings. The predicted molar refractivity (Wildman–Crippen MR) is 61.0 cm³/mol. The molecule has 2 rings (SSSR count). The number of carbonyl (C=O) groups is 1. The fourth-order valence-electron chi connectivity index (χ4n) is 1.15. The summed E-state index contributed by atoms with van der Waals surface area (Å²) in [7, 11) is 0. The summed E-state index contributed by atoms with van der Waals surface area (Å²) in [4.78, 5) is 10.6. The second-order valence-electron chi connectivity index (χ2n) is 2.95. The monoisotopic (exact) mass is 301 g/mol. The third-order valence-corrected chi connectivity index (χ3v) is 2.74. The Kier molecular flexibility index (Phi) is 2.93. The summed E-state index contributed by atoms with van der Waals surface area (Å²) in [6.45, 7) is 0.